The van der Waals surface area contributed by atoms with Gasteiger partial charge in [0.25, 0.3) is 0 Å². The molecule has 21 heavy (non-hydrogen) atoms. The summed E-state index contributed by atoms with van der Waals surface area (Å²) in [5.41, 5.74) is 0. The van der Waals surface area contributed by atoms with Crippen LogP contribution in [0.2, 0.25) is 0 Å². The maximum atomic E-state index is 5.75. The lowest BCUT2D eigenvalue weighted by molar-refractivity contribution is 0.0134. The zero-order chi connectivity index (χ0) is 14.9. The van der Waals surface area contributed by atoms with E-state index in [9.17, 15) is 0 Å². The van der Waals surface area contributed by atoms with Crippen LogP contribution in [0.4, 0.5) is 11.6 Å². The number of nitrogens with one attached hydrogen (secondary N) is 2. The monoisotopic (exact) mass is 310 g/mol. The van der Waals surface area contributed by atoms with E-state index in [0.29, 0.717) is 6.10 Å². The molecule has 0 radical (unpaired) electrons. The number of anilines is 2. The maximum Gasteiger partial charge on any atom is 0.191 e. The van der Waals surface area contributed by atoms with Crippen LogP contribution in [-0.2, 0) is 4.74 Å². The van der Waals surface area contributed by atoms with Crippen LogP contribution in [0.15, 0.2) is 11.2 Å². The molecular weight excluding hydrogens is 284 g/mol. The molecular formula is C15H26N4OS. The molecule has 2 N–H and O–H groups in total. The molecule has 1 saturated heterocycles. The highest BCUT2D eigenvalue weighted by atomic mass is 32.2. The number of rotatable bonds is 8. The minimum absolute atomic E-state index is 0.408. The van der Waals surface area contributed by atoms with E-state index in [-0.39, 0.29) is 0 Å². The molecule has 2 heterocycles. The lowest BCUT2D eigenvalue weighted by Crippen LogP contribution is -2.22. The molecule has 0 saturated carbocycles. The average molecular weight is 310 g/mol. The third kappa shape index (κ3) is 5.71. The highest BCUT2D eigenvalue weighted by molar-refractivity contribution is 7.98. The quantitative estimate of drug-likeness (QED) is 0.567. The second-order valence-electron chi connectivity index (χ2n) is 5.26. The van der Waals surface area contributed by atoms with Crippen molar-refractivity contribution >= 4 is 23.4 Å². The van der Waals surface area contributed by atoms with Crippen molar-refractivity contribution in [3.05, 3.63) is 6.07 Å². The summed E-state index contributed by atoms with van der Waals surface area (Å²) in [6.45, 7) is 4.88. The number of hydrogen-bond donors (Lipinski definition) is 2. The van der Waals surface area contributed by atoms with Crippen molar-refractivity contribution < 1.29 is 4.74 Å². The topological polar surface area (TPSA) is 59.1 Å². The van der Waals surface area contributed by atoms with E-state index < -0.39 is 0 Å². The van der Waals surface area contributed by atoms with E-state index in [4.69, 9.17) is 4.74 Å². The zero-order valence-corrected chi connectivity index (χ0v) is 13.8. The molecule has 5 nitrogen and oxygen atoms in total. The summed E-state index contributed by atoms with van der Waals surface area (Å²) < 4.78 is 5.75. The second-order valence-corrected chi connectivity index (χ2v) is 6.03. The summed E-state index contributed by atoms with van der Waals surface area (Å²) in [4.78, 5) is 8.97. The Balaban J connectivity index is 1.85. The average Bonchev–Trinajstić information content (AvgIpc) is 2.53. The van der Waals surface area contributed by atoms with Crippen molar-refractivity contribution in [1.29, 1.82) is 0 Å². The molecule has 0 aromatic carbocycles. The van der Waals surface area contributed by atoms with E-state index in [1.54, 1.807) is 11.8 Å². The van der Waals surface area contributed by atoms with Gasteiger partial charge in [0.15, 0.2) is 5.16 Å². The first kappa shape index (κ1) is 16.4. The number of hydrogen-bond acceptors (Lipinski definition) is 6. The van der Waals surface area contributed by atoms with Gasteiger partial charge >= 0.3 is 0 Å². The summed E-state index contributed by atoms with van der Waals surface area (Å²) in [6.07, 6.45) is 8.21. The molecule has 118 valence electrons. The highest BCUT2D eigenvalue weighted by Gasteiger charge is 2.13. The Hall–Kier alpha value is -1.01. The molecule has 1 aromatic rings. The molecule has 1 aliphatic heterocycles. The van der Waals surface area contributed by atoms with Crippen LogP contribution < -0.4 is 10.6 Å². The van der Waals surface area contributed by atoms with Crippen molar-refractivity contribution in [2.45, 2.75) is 50.3 Å². The van der Waals surface area contributed by atoms with Crippen molar-refractivity contribution in [3.63, 3.8) is 0 Å². The predicted octanol–water partition coefficient (Wildman–Crippen LogP) is 3.39. The Kier molecular flexibility index (Phi) is 7.09. The van der Waals surface area contributed by atoms with E-state index in [1.807, 2.05) is 12.3 Å². The molecule has 1 unspecified atom stereocenters. The molecule has 2 rings (SSSR count). The van der Waals surface area contributed by atoms with Gasteiger partial charge in [-0.1, -0.05) is 18.7 Å². The van der Waals surface area contributed by atoms with Gasteiger partial charge in [-0.05, 0) is 38.4 Å². The van der Waals surface area contributed by atoms with Gasteiger partial charge in [0.05, 0.1) is 6.10 Å². The van der Waals surface area contributed by atoms with Gasteiger partial charge in [0, 0.05) is 25.8 Å². The first-order chi connectivity index (χ1) is 10.3. The molecule has 1 aliphatic rings. The summed E-state index contributed by atoms with van der Waals surface area (Å²) in [5, 5.41) is 7.52. The SMILES string of the molecule is CCCNc1cc(NCCC2CCCCO2)nc(SC)n1. The standard InChI is InChI=1S/C15H26N4OS/c1-3-8-16-13-11-14(19-15(18-13)21-2)17-9-7-12-6-4-5-10-20-12/h11-12H,3-10H2,1-2H3,(H2,16,17,18,19). The van der Waals surface area contributed by atoms with E-state index in [2.05, 4.69) is 27.5 Å². The van der Waals surface area contributed by atoms with Crippen molar-refractivity contribution in [2.75, 3.05) is 36.6 Å². The fraction of sp³-hybridized carbons (Fsp3) is 0.733. The van der Waals surface area contributed by atoms with Crippen LogP contribution in [0.25, 0.3) is 0 Å². The Labute approximate surface area is 131 Å². The lowest BCUT2D eigenvalue weighted by atomic mass is 10.1. The molecule has 1 fully saturated rings. The Morgan fingerprint density at radius 1 is 1.24 bits per heavy atom. The minimum atomic E-state index is 0.408. The zero-order valence-electron chi connectivity index (χ0n) is 13.0. The predicted molar refractivity (Wildman–Crippen MR) is 89.3 cm³/mol. The molecule has 0 aliphatic carbocycles. The molecule has 1 aromatic heterocycles. The van der Waals surface area contributed by atoms with Crippen LogP contribution in [0.3, 0.4) is 0 Å². The third-order valence-electron chi connectivity index (χ3n) is 3.49. The number of thioether (sulfide) groups is 1. The van der Waals surface area contributed by atoms with Crippen LogP contribution in [0, 0.1) is 0 Å². The molecule has 0 spiro atoms. The first-order valence-electron chi connectivity index (χ1n) is 7.84. The van der Waals surface area contributed by atoms with Crippen molar-refractivity contribution in [3.8, 4) is 0 Å². The molecule has 6 heteroatoms. The normalized spacial score (nSPS) is 18.5. The van der Waals surface area contributed by atoms with Crippen molar-refractivity contribution in [2.24, 2.45) is 0 Å². The Morgan fingerprint density at radius 2 is 2.00 bits per heavy atom. The fourth-order valence-electron chi connectivity index (χ4n) is 2.35. The Morgan fingerprint density at radius 3 is 2.62 bits per heavy atom. The number of ether oxygens (including phenoxy) is 1. The number of nitrogens with zero attached hydrogens (tertiary/aromatic N) is 2. The minimum Gasteiger partial charge on any atom is -0.378 e. The van der Waals surface area contributed by atoms with Crippen LogP contribution in [0.1, 0.15) is 39.0 Å². The summed E-state index contributed by atoms with van der Waals surface area (Å²) in [5.74, 6) is 1.79. The van der Waals surface area contributed by atoms with Gasteiger partial charge in [0.1, 0.15) is 11.6 Å². The van der Waals surface area contributed by atoms with Gasteiger partial charge in [0.2, 0.25) is 0 Å². The summed E-state index contributed by atoms with van der Waals surface area (Å²) >= 11 is 1.57. The molecule has 1 atom stereocenters. The fourth-order valence-corrected chi connectivity index (χ4v) is 2.73. The van der Waals surface area contributed by atoms with Gasteiger partial charge in [-0.15, -0.1) is 0 Å². The third-order valence-corrected chi connectivity index (χ3v) is 4.04. The van der Waals surface area contributed by atoms with Gasteiger partial charge in [-0.3, -0.25) is 0 Å². The van der Waals surface area contributed by atoms with Crippen LogP contribution >= 0.6 is 11.8 Å². The highest BCUT2D eigenvalue weighted by Crippen LogP contribution is 2.19. The lowest BCUT2D eigenvalue weighted by Gasteiger charge is -2.22. The van der Waals surface area contributed by atoms with Gasteiger partial charge < -0.3 is 15.4 Å². The maximum absolute atomic E-state index is 5.75. The molecule has 0 amide bonds. The summed E-state index contributed by atoms with van der Waals surface area (Å²) in [6, 6.07) is 1.98. The van der Waals surface area contributed by atoms with Gasteiger partial charge in [-0.2, -0.15) is 0 Å². The smallest absolute Gasteiger partial charge is 0.191 e. The number of aromatic nitrogens is 2. The first-order valence-corrected chi connectivity index (χ1v) is 9.06. The van der Waals surface area contributed by atoms with E-state index in [0.717, 1.165) is 49.3 Å². The van der Waals surface area contributed by atoms with E-state index >= 15 is 0 Å². The van der Waals surface area contributed by atoms with Gasteiger partial charge in [-0.25, -0.2) is 9.97 Å². The Bertz CT molecular complexity index is 424. The van der Waals surface area contributed by atoms with Crippen molar-refractivity contribution in [1.82, 2.24) is 9.97 Å². The van der Waals surface area contributed by atoms with E-state index in [1.165, 1.54) is 19.3 Å². The second kappa shape index (κ2) is 9.10. The summed E-state index contributed by atoms with van der Waals surface area (Å²) in [7, 11) is 0. The largest absolute Gasteiger partial charge is 0.378 e. The molecule has 0 bridgehead atoms. The van der Waals surface area contributed by atoms with Crippen LogP contribution in [0.5, 0.6) is 0 Å². The van der Waals surface area contributed by atoms with Crippen LogP contribution in [-0.4, -0.2) is 42.0 Å².